The maximum Gasteiger partial charge on any atom is 0.0319 e. The van der Waals surface area contributed by atoms with Crippen molar-refractivity contribution < 1.29 is 0 Å². The average molecular weight is 296 g/mol. The summed E-state index contributed by atoms with van der Waals surface area (Å²) in [6, 6.07) is 8.41. The summed E-state index contributed by atoms with van der Waals surface area (Å²) in [6.45, 7) is 11.0. The molecule has 2 heteroatoms. The summed E-state index contributed by atoms with van der Waals surface area (Å²) in [7, 11) is 0. The molecule has 0 aliphatic heterocycles. The molecule has 22 heavy (non-hydrogen) atoms. The number of anilines is 2. The van der Waals surface area contributed by atoms with E-state index >= 15 is 0 Å². The zero-order valence-electron chi connectivity index (χ0n) is 14.5. The van der Waals surface area contributed by atoms with Crippen molar-refractivity contribution in [3.8, 4) is 0 Å². The highest BCUT2D eigenvalue weighted by atomic mass is 14.5. The minimum Gasteiger partial charge on any atom is -0.399 e. The summed E-state index contributed by atoms with van der Waals surface area (Å²) in [5, 5.41) is 0. The van der Waals surface area contributed by atoms with Gasteiger partial charge in [-0.1, -0.05) is 20.8 Å². The van der Waals surface area contributed by atoms with E-state index in [0.29, 0.717) is 5.92 Å². The average Bonchev–Trinajstić information content (AvgIpc) is 2.42. The van der Waals surface area contributed by atoms with Crippen LogP contribution in [0.4, 0.5) is 11.4 Å². The number of nitrogen functional groups attached to an aromatic ring is 2. The van der Waals surface area contributed by atoms with E-state index in [9.17, 15) is 0 Å². The van der Waals surface area contributed by atoms with Crippen molar-refractivity contribution in [3.05, 3.63) is 57.6 Å². The Morgan fingerprint density at radius 1 is 0.864 bits per heavy atom. The molecular weight excluding hydrogens is 268 g/mol. The van der Waals surface area contributed by atoms with Crippen molar-refractivity contribution in [1.82, 2.24) is 0 Å². The van der Waals surface area contributed by atoms with E-state index in [1.54, 1.807) is 0 Å². The molecule has 0 atom stereocenters. The third-order valence-corrected chi connectivity index (χ3v) is 4.47. The highest BCUT2D eigenvalue weighted by Crippen LogP contribution is 2.30. The molecule has 118 valence electrons. The lowest BCUT2D eigenvalue weighted by atomic mass is 9.86. The van der Waals surface area contributed by atoms with Gasteiger partial charge in [0.2, 0.25) is 0 Å². The molecule has 0 aliphatic carbocycles. The van der Waals surface area contributed by atoms with Crippen molar-refractivity contribution in [2.24, 2.45) is 0 Å². The van der Waals surface area contributed by atoms with E-state index in [1.165, 1.54) is 33.4 Å². The molecule has 2 rings (SSSR count). The lowest BCUT2D eigenvalue weighted by Gasteiger charge is -2.20. The van der Waals surface area contributed by atoms with Gasteiger partial charge in [-0.15, -0.1) is 0 Å². The summed E-state index contributed by atoms with van der Waals surface area (Å²) in [4.78, 5) is 0. The Balaban J connectivity index is 2.57. The first-order chi connectivity index (χ1) is 10.3. The van der Waals surface area contributed by atoms with Crippen LogP contribution in [-0.4, -0.2) is 0 Å². The summed E-state index contributed by atoms with van der Waals surface area (Å²) in [5.41, 5.74) is 21.9. The number of hydrogen-bond acceptors (Lipinski definition) is 2. The van der Waals surface area contributed by atoms with Gasteiger partial charge in [-0.3, -0.25) is 0 Å². The van der Waals surface area contributed by atoms with Crippen LogP contribution in [0.5, 0.6) is 0 Å². The van der Waals surface area contributed by atoms with Crippen LogP contribution in [0.25, 0.3) is 0 Å². The first kappa shape index (κ1) is 16.4. The number of nitrogens with two attached hydrogens (primary N) is 2. The van der Waals surface area contributed by atoms with E-state index in [0.717, 1.165) is 24.2 Å². The zero-order valence-corrected chi connectivity index (χ0v) is 14.5. The molecular formula is C20H28N2. The van der Waals surface area contributed by atoms with Crippen LogP contribution in [0.15, 0.2) is 24.3 Å². The summed E-state index contributed by atoms with van der Waals surface area (Å²) >= 11 is 0. The van der Waals surface area contributed by atoms with Crippen LogP contribution < -0.4 is 11.5 Å². The van der Waals surface area contributed by atoms with Crippen LogP contribution in [0.2, 0.25) is 0 Å². The highest BCUT2D eigenvalue weighted by molar-refractivity contribution is 5.55. The van der Waals surface area contributed by atoms with Crippen molar-refractivity contribution >= 4 is 11.4 Å². The Hall–Kier alpha value is -1.96. The molecule has 2 aromatic carbocycles. The molecule has 2 aromatic rings. The molecule has 4 N–H and O–H groups in total. The van der Waals surface area contributed by atoms with Gasteiger partial charge in [-0.05, 0) is 90.3 Å². The van der Waals surface area contributed by atoms with E-state index in [1.807, 2.05) is 0 Å². The van der Waals surface area contributed by atoms with Gasteiger partial charge < -0.3 is 11.5 Å². The molecule has 0 aliphatic rings. The summed E-state index contributed by atoms with van der Waals surface area (Å²) in [5.74, 6) is 0.469. The van der Waals surface area contributed by atoms with Crippen molar-refractivity contribution in [2.75, 3.05) is 11.5 Å². The Kier molecular flexibility index (Phi) is 4.80. The molecule has 0 saturated heterocycles. The van der Waals surface area contributed by atoms with Crippen molar-refractivity contribution in [2.45, 2.75) is 53.4 Å². The van der Waals surface area contributed by atoms with Gasteiger partial charge in [-0.25, -0.2) is 0 Å². The normalized spacial score (nSPS) is 11.2. The first-order valence-corrected chi connectivity index (χ1v) is 8.10. The smallest absolute Gasteiger partial charge is 0.0319 e. The van der Waals surface area contributed by atoms with Crippen molar-refractivity contribution in [3.63, 3.8) is 0 Å². The second-order valence-corrected chi connectivity index (χ2v) is 6.57. The van der Waals surface area contributed by atoms with E-state index in [2.05, 4.69) is 58.9 Å². The zero-order chi connectivity index (χ0) is 16.4. The fraction of sp³-hybridized carbons (Fsp3) is 0.400. The van der Waals surface area contributed by atoms with Crippen LogP contribution >= 0.6 is 0 Å². The minimum absolute atomic E-state index is 0.469. The number of hydrogen-bond donors (Lipinski definition) is 2. The highest BCUT2D eigenvalue weighted by Gasteiger charge is 2.14. The maximum absolute atomic E-state index is 6.05. The standard InChI is InChI=1S/C20H28N2/c1-6-15-9-16(21)7-13(4)19(15)11-20-14(5)8-17(22)10-18(20)12(2)3/h7-10,12H,6,11,21-22H2,1-5H3. The van der Waals surface area contributed by atoms with Gasteiger partial charge in [-0.2, -0.15) is 0 Å². The molecule has 2 nitrogen and oxygen atoms in total. The van der Waals surface area contributed by atoms with Crippen LogP contribution in [0.3, 0.4) is 0 Å². The van der Waals surface area contributed by atoms with E-state index in [-0.39, 0.29) is 0 Å². The van der Waals surface area contributed by atoms with Crippen LogP contribution in [0.1, 0.15) is 60.1 Å². The largest absolute Gasteiger partial charge is 0.399 e. The molecule has 0 radical (unpaired) electrons. The molecule has 0 fully saturated rings. The molecule has 0 aromatic heterocycles. The third kappa shape index (κ3) is 3.27. The molecule has 0 spiro atoms. The third-order valence-electron chi connectivity index (χ3n) is 4.47. The predicted molar refractivity (Wildman–Crippen MR) is 97.5 cm³/mol. The maximum atomic E-state index is 6.05. The van der Waals surface area contributed by atoms with Crippen LogP contribution in [-0.2, 0) is 12.8 Å². The Morgan fingerprint density at radius 3 is 1.95 bits per heavy atom. The lowest BCUT2D eigenvalue weighted by Crippen LogP contribution is -2.06. The van der Waals surface area contributed by atoms with Gasteiger partial charge in [0.1, 0.15) is 0 Å². The summed E-state index contributed by atoms with van der Waals surface area (Å²) < 4.78 is 0. The quantitative estimate of drug-likeness (QED) is 0.800. The molecule has 0 unspecified atom stereocenters. The fourth-order valence-electron chi connectivity index (χ4n) is 3.30. The van der Waals surface area contributed by atoms with Gasteiger partial charge in [0.25, 0.3) is 0 Å². The second-order valence-electron chi connectivity index (χ2n) is 6.57. The first-order valence-electron chi connectivity index (χ1n) is 8.10. The van der Waals surface area contributed by atoms with Crippen LogP contribution in [0, 0.1) is 13.8 Å². The topological polar surface area (TPSA) is 52.0 Å². The molecule has 0 bridgehead atoms. The number of aryl methyl sites for hydroxylation is 3. The lowest BCUT2D eigenvalue weighted by molar-refractivity contribution is 0.843. The van der Waals surface area contributed by atoms with Gasteiger partial charge >= 0.3 is 0 Å². The minimum atomic E-state index is 0.469. The fourth-order valence-corrected chi connectivity index (χ4v) is 3.30. The number of rotatable bonds is 4. The van der Waals surface area contributed by atoms with Crippen molar-refractivity contribution in [1.29, 1.82) is 0 Å². The Labute approximate surface area is 134 Å². The second kappa shape index (κ2) is 6.43. The Bertz CT molecular complexity index is 685. The molecule has 0 amide bonds. The Morgan fingerprint density at radius 2 is 1.41 bits per heavy atom. The molecule has 0 heterocycles. The van der Waals surface area contributed by atoms with Gasteiger partial charge in [0, 0.05) is 11.4 Å². The summed E-state index contributed by atoms with van der Waals surface area (Å²) in [6.07, 6.45) is 1.96. The van der Waals surface area contributed by atoms with Gasteiger partial charge in [0.15, 0.2) is 0 Å². The van der Waals surface area contributed by atoms with E-state index in [4.69, 9.17) is 11.5 Å². The SMILES string of the molecule is CCc1cc(N)cc(C)c1Cc1c(C)cc(N)cc1C(C)C. The van der Waals surface area contributed by atoms with E-state index < -0.39 is 0 Å². The molecule has 0 saturated carbocycles. The van der Waals surface area contributed by atoms with Gasteiger partial charge in [0.05, 0.1) is 0 Å². The predicted octanol–water partition coefficient (Wildman–Crippen LogP) is 4.74. The number of benzene rings is 2. The monoisotopic (exact) mass is 296 g/mol.